The third kappa shape index (κ3) is 6.14. The molecule has 162 valence electrons. The third-order valence-electron chi connectivity index (χ3n) is 4.34. The number of nitrogens with zero attached hydrogens (tertiary/aromatic N) is 2. The normalized spacial score (nSPS) is 11.0. The molecule has 9 heteroatoms. The Kier molecular flexibility index (Phi) is 7.41. The zero-order valence-corrected chi connectivity index (χ0v) is 18.0. The summed E-state index contributed by atoms with van der Waals surface area (Å²) < 4.78 is 14.7. The molecule has 0 saturated heterocycles. The minimum atomic E-state index is -0.561. The molecule has 3 amide bonds. The Balaban J connectivity index is 1.81. The van der Waals surface area contributed by atoms with Crippen LogP contribution in [0.1, 0.15) is 19.4 Å². The van der Waals surface area contributed by atoms with Gasteiger partial charge < -0.3 is 5.32 Å². The van der Waals surface area contributed by atoms with Crippen molar-refractivity contribution in [3.8, 4) is 0 Å². The molecule has 0 aliphatic carbocycles. The van der Waals surface area contributed by atoms with E-state index in [4.69, 9.17) is 0 Å². The summed E-state index contributed by atoms with van der Waals surface area (Å²) >= 11 is 1.06. The summed E-state index contributed by atoms with van der Waals surface area (Å²) in [6.45, 7) is 4.53. The first-order valence-electron chi connectivity index (χ1n) is 9.78. The highest BCUT2D eigenvalue weighted by molar-refractivity contribution is 7.99. The average Bonchev–Trinajstić information content (AvgIpc) is 2.74. The molecule has 3 aromatic rings. The van der Waals surface area contributed by atoms with Crippen LogP contribution in [0, 0.1) is 11.7 Å². The van der Waals surface area contributed by atoms with E-state index in [2.05, 4.69) is 15.6 Å². The summed E-state index contributed by atoms with van der Waals surface area (Å²) in [5.41, 5.74) is 0.980. The summed E-state index contributed by atoms with van der Waals surface area (Å²) in [6, 6.07) is 12.2. The molecule has 0 fully saturated rings. The molecule has 0 aliphatic rings. The standard InChI is InChI=1S/C22H23FN4O3S/c1-14(2)11-24-21(30)26-19(28)13-31-22-25-18-6-4-3-5-17(18)20(29)27(22)12-15-7-9-16(23)10-8-15/h3-10,14H,11-13H2,1-2H3,(H2,24,26,28,30). The van der Waals surface area contributed by atoms with Crippen molar-refractivity contribution in [3.63, 3.8) is 0 Å². The van der Waals surface area contributed by atoms with E-state index in [-0.39, 0.29) is 29.6 Å². The van der Waals surface area contributed by atoms with Crippen LogP contribution < -0.4 is 16.2 Å². The van der Waals surface area contributed by atoms with Gasteiger partial charge in [-0.05, 0) is 35.7 Å². The predicted molar refractivity (Wildman–Crippen MR) is 119 cm³/mol. The molecular formula is C22H23FN4O3S. The van der Waals surface area contributed by atoms with Crippen molar-refractivity contribution in [3.05, 3.63) is 70.3 Å². The predicted octanol–water partition coefficient (Wildman–Crippen LogP) is 3.16. The number of urea groups is 1. The molecule has 0 radical (unpaired) electrons. The Bertz CT molecular complexity index is 1150. The molecule has 0 bridgehead atoms. The summed E-state index contributed by atoms with van der Waals surface area (Å²) in [4.78, 5) is 41.6. The van der Waals surface area contributed by atoms with Crippen LogP contribution in [0.5, 0.6) is 0 Å². The molecule has 0 spiro atoms. The maximum Gasteiger partial charge on any atom is 0.321 e. The van der Waals surface area contributed by atoms with Crippen molar-refractivity contribution in [2.45, 2.75) is 25.5 Å². The van der Waals surface area contributed by atoms with Crippen LogP contribution in [0.15, 0.2) is 58.5 Å². The van der Waals surface area contributed by atoms with Gasteiger partial charge in [0.05, 0.1) is 23.2 Å². The molecule has 0 saturated carbocycles. The highest BCUT2D eigenvalue weighted by Crippen LogP contribution is 2.19. The van der Waals surface area contributed by atoms with Crippen molar-refractivity contribution in [1.82, 2.24) is 20.2 Å². The number of benzene rings is 2. The molecule has 1 heterocycles. The van der Waals surface area contributed by atoms with Crippen LogP contribution in [-0.4, -0.2) is 33.8 Å². The fourth-order valence-electron chi connectivity index (χ4n) is 2.80. The van der Waals surface area contributed by atoms with Gasteiger partial charge in [-0.25, -0.2) is 14.2 Å². The van der Waals surface area contributed by atoms with Crippen LogP contribution in [-0.2, 0) is 11.3 Å². The van der Waals surface area contributed by atoms with E-state index >= 15 is 0 Å². The number of para-hydroxylation sites is 1. The molecule has 31 heavy (non-hydrogen) atoms. The molecule has 3 rings (SSSR count). The maximum atomic E-state index is 13.2. The Labute approximate surface area is 183 Å². The van der Waals surface area contributed by atoms with Crippen LogP contribution in [0.25, 0.3) is 10.9 Å². The van der Waals surface area contributed by atoms with Crippen molar-refractivity contribution in [2.24, 2.45) is 5.92 Å². The smallest absolute Gasteiger partial charge is 0.321 e. The summed E-state index contributed by atoms with van der Waals surface area (Å²) in [5.74, 6) is -0.696. The number of imide groups is 1. The lowest BCUT2D eigenvalue weighted by atomic mass is 10.2. The lowest BCUT2D eigenvalue weighted by Crippen LogP contribution is -2.41. The molecule has 0 aliphatic heterocycles. The number of nitrogens with one attached hydrogen (secondary N) is 2. The van der Waals surface area contributed by atoms with Crippen LogP contribution in [0.3, 0.4) is 0 Å². The van der Waals surface area contributed by atoms with Gasteiger partial charge in [0, 0.05) is 6.54 Å². The van der Waals surface area contributed by atoms with Gasteiger partial charge in [-0.2, -0.15) is 0 Å². The molecule has 2 N–H and O–H groups in total. The number of rotatable bonds is 7. The molecule has 0 atom stereocenters. The monoisotopic (exact) mass is 442 g/mol. The highest BCUT2D eigenvalue weighted by atomic mass is 32.2. The van der Waals surface area contributed by atoms with Crippen LogP contribution in [0.2, 0.25) is 0 Å². The number of amides is 3. The molecule has 1 aromatic heterocycles. The van der Waals surface area contributed by atoms with Gasteiger partial charge >= 0.3 is 6.03 Å². The lowest BCUT2D eigenvalue weighted by Gasteiger charge is -2.13. The van der Waals surface area contributed by atoms with E-state index in [1.165, 1.54) is 16.7 Å². The van der Waals surface area contributed by atoms with Gasteiger partial charge in [0.15, 0.2) is 5.16 Å². The Hall–Kier alpha value is -3.20. The van der Waals surface area contributed by atoms with E-state index < -0.39 is 11.9 Å². The second-order valence-electron chi connectivity index (χ2n) is 7.37. The summed E-state index contributed by atoms with van der Waals surface area (Å²) in [6.07, 6.45) is 0. The van der Waals surface area contributed by atoms with Gasteiger partial charge in [0.25, 0.3) is 5.56 Å². The number of thioether (sulfide) groups is 1. The quantitative estimate of drug-likeness (QED) is 0.433. The molecule has 0 unspecified atom stereocenters. The van der Waals surface area contributed by atoms with Gasteiger partial charge in [-0.1, -0.05) is 49.9 Å². The number of aromatic nitrogens is 2. The lowest BCUT2D eigenvalue weighted by molar-refractivity contribution is -0.117. The Morgan fingerprint density at radius 3 is 2.55 bits per heavy atom. The second-order valence-corrected chi connectivity index (χ2v) is 8.31. The summed E-state index contributed by atoms with van der Waals surface area (Å²) in [5, 5.41) is 5.67. The van der Waals surface area contributed by atoms with Crippen molar-refractivity contribution >= 4 is 34.6 Å². The minimum Gasteiger partial charge on any atom is -0.338 e. The SMILES string of the molecule is CC(C)CNC(=O)NC(=O)CSc1nc2ccccc2c(=O)n1Cc1ccc(F)cc1. The van der Waals surface area contributed by atoms with Crippen molar-refractivity contribution in [2.75, 3.05) is 12.3 Å². The topological polar surface area (TPSA) is 93.1 Å². The van der Waals surface area contributed by atoms with Gasteiger partial charge in [-0.3, -0.25) is 19.5 Å². The maximum absolute atomic E-state index is 13.2. The Morgan fingerprint density at radius 1 is 1.13 bits per heavy atom. The van der Waals surface area contributed by atoms with Crippen molar-refractivity contribution < 1.29 is 14.0 Å². The molecule has 7 nitrogen and oxygen atoms in total. The summed E-state index contributed by atoms with van der Waals surface area (Å²) in [7, 11) is 0. The number of hydrogen-bond acceptors (Lipinski definition) is 5. The van der Waals surface area contributed by atoms with Gasteiger partial charge in [-0.15, -0.1) is 0 Å². The molecular weight excluding hydrogens is 419 g/mol. The zero-order chi connectivity index (χ0) is 22.4. The average molecular weight is 443 g/mol. The minimum absolute atomic E-state index is 0.0940. The first-order valence-corrected chi connectivity index (χ1v) is 10.8. The zero-order valence-electron chi connectivity index (χ0n) is 17.2. The first kappa shape index (κ1) is 22.5. The molecule has 2 aromatic carbocycles. The number of halogens is 1. The van der Waals surface area contributed by atoms with Crippen molar-refractivity contribution in [1.29, 1.82) is 0 Å². The Morgan fingerprint density at radius 2 is 1.84 bits per heavy atom. The van der Waals surface area contributed by atoms with Crippen LogP contribution >= 0.6 is 11.8 Å². The van der Waals surface area contributed by atoms with Gasteiger partial charge in [0.1, 0.15) is 5.82 Å². The second kappa shape index (κ2) is 10.2. The van der Waals surface area contributed by atoms with Crippen LogP contribution in [0.4, 0.5) is 9.18 Å². The number of hydrogen-bond donors (Lipinski definition) is 2. The fourth-order valence-corrected chi connectivity index (χ4v) is 3.60. The highest BCUT2D eigenvalue weighted by Gasteiger charge is 2.15. The van der Waals surface area contributed by atoms with E-state index in [1.54, 1.807) is 36.4 Å². The number of carbonyl (C=O) groups is 2. The van der Waals surface area contributed by atoms with E-state index in [0.29, 0.717) is 22.6 Å². The van der Waals surface area contributed by atoms with Gasteiger partial charge in [0.2, 0.25) is 5.91 Å². The van der Waals surface area contributed by atoms with E-state index in [0.717, 1.165) is 17.3 Å². The third-order valence-corrected chi connectivity index (χ3v) is 5.31. The first-order chi connectivity index (χ1) is 14.8. The largest absolute Gasteiger partial charge is 0.338 e. The fraction of sp³-hybridized carbons (Fsp3) is 0.273. The van der Waals surface area contributed by atoms with E-state index in [1.807, 2.05) is 13.8 Å². The number of fused-ring (bicyclic) bond motifs is 1. The van der Waals surface area contributed by atoms with E-state index in [9.17, 15) is 18.8 Å². The number of carbonyl (C=O) groups excluding carboxylic acids is 2.